The zero-order valence-electron chi connectivity index (χ0n) is 18.5. The number of ether oxygens (including phenoxy) is 4. The van der Waals surface area contributed by atoms with Crippen molar-refractivity contribution in [2.24, 2.45) is 0 Å². The van der Waals surface area contributed by atoms with Crippen LogP contribution in [0.5, 0.6) is 0 Å². The summed E-state index contributed by atoms with van der Waals surface area (Å²) in [7, 11) is 0. The summed E-state index contributed by atoms with van der Waals surface area (Å²) < 4.78 is 23.3. The average molecular weight is 401 g/mol. The fraction of sp³-hybridized carbons (Fsp3) is 1.00. The zero-order valence-corrected chi connectivity index (χ0v) is 18.5. The van der Waals surface area contributed by atoms with E-state index in [1.807, 2.05) is 13.8 Å². The van der Waals surface area contributed by atoms with Gasteiger partial charge in [0.15, 0.2) is 11.6 Å². The number of hydrogen-bond donors (Lipinski definition) is 1. The van der Waals surface area contributed by atoms with Crippen molar-refractivity contribution in [1.29, 1.82) is 0 Å². The standard InChI is InChI=1S/C23H44O5/c1-4-5-6-12-15-23(25-17-18-26-23)16-13-10-8-7-9-11-14-21-20(24)19-27-22(2,3)28-21/h20-21,24H,4-19H2,1-3H3/t20-,21-/m1/s1. The maximum absolute atomic E-state index is 10.0. The second-order valence-electron chi connectivity index (χ2n) is 9.01. The van der Waals surface area contributed by atoms with E-state index in [1.54, 1.807) is 0 Å². The molecule has 0 aromatic heterocycles. The lowest BCUT2D eigenvalue weighted by molar-refractivity contribution is -0.304. The number of unbranched alkanes of at least 4 members (excludes halogenated alkanes) is 8. The van der Waals surface area contributed by atoms with Gasteiger partial charge in [0.1, 0.15) is 6.10 Å². The fourth-order valence-electron chi connectivity index (χ4n) is 4.30. The van der Waals surface area contributed by atoms with Gasteiger partial charge < -0.3 is 24.1 Å². The molecular formula is C23H44O5. The molecule has 0 radical (unpaired) electrons. The van der Waals surface area contributed by atoms with Crippen LogP contribution < -0.4 is 0 Å². The van der Waals surface area contributed by atoms with Crippen LogP contribution in [0.2, 0.25) is 0 Å². The number of hydrogen-bond acceptors (Lipinski definition) is 5. The van der Waals surface area contributed by atoms with E-state index in [0.29, 0.717) is 6.61 Å². The largest absolute Gasteiger partial charge is 0.388 e. The minimum atomic E-state index is -0.569. The summed E-state index contributed by atoms with van der Waals surface area (Å²) >= 11 is 0. The van der Waals surface area contributed by atoms with Gasteiger partial charge in [-0.25, -0.2) is 0 Å². The molecule has 2 aliphatic heterocycles. The van der Waals surface area contributed by atoms with E-state index in [4.69, 9.17) is 18.9 Å². The Balaban J connectivity index is 1.50. The normalized spacial score (nSPS) is 26.6. The minimum Gasteiger partial charge on any atom is -0.388 e. The van der Waals surface area contributed by atoms with Gasteiger partial charge in [0, 0.05) is 12.8 Å². The van der Waals surface area contributed by atoms with Crippen molar-refractivity contribution in [2.45, 2.75) is 128 Å². The highest BCUT2D eigenvalue weighted by Crippen LogP contribution is 2.32. The predicted molar refractivity (Wildman–Crippen MR) is 111 cm³/mol. The molecule has 28 heavy (non-hydrogen) atoms. The summed E-state index contributed by atoms with van der Waals surface area (Å²) in [5.41, 5.74) is 0. The average Bonchev–Trinajstić information content (AvgIpc) is 3.13. The van der Waals surface area contributed by atoms with Crippen LogP contribution in [0.15, 0.2) is 0 Å². The molecule has 2 heterocycles. The molecule has 0 saturated carbocycles. The zero-order chi connectivity index (χ0) is 20.3. The highest BCUT2D eigenvalue weighted by molar-refractivity contribution is 4.77. The molecule has 0 amide bonds. The summed E-state index contributed by atoms with van der Waals surface area (Å²) in [6.45, 7) is 7.97. The molecule has 2 atom stereocenters. The van der Waals surface area contributed by atoms with Crippen LogP contribution in [0.4, 0.5) is 0 Å². The first-order valence-corrected chi connectivity index (χ1v) is 11.7. The lowest BCUT2D eigenvalue weighted by Crippen LogP contribution is -2.48. The Hall–Kier alpha value is -0.200. The maximum Gasteiger partial charge on any atom is 0.168 e. The summed E-state index contributed by atoms with van der Waals surface area (Å²) in [6, 6.07) is 0. The van der Waals surface area contributed by atoms with Gasteiger partial charge in [0.25, 0.3) is 0 Å². The van der Waals surface area contributed by atoms with E-state index in [1.165, 1.54) is 57.8 Å². The van der Waals surface area contributed by atoms with Crippen LogP contribution in [0.25, 0.3) is 0 Å². The molecule has 0 aliphatic carbocycles. The van der Waals surface area contributed by atoms with Crippen molar-refractivity contribution in [1.82, 2.24) is 0 Å². The Kier molecular flexibility index (Phi) is 10.7. The molecule has 0 unspecified atom stereocenters. The topological polar surface area (TPSA) is 57.2 Å². The first-order chi connectivity index (χ1) is 13.5. The Bertz CT molecular complexity index is 406. The molecular weight excluding hydrogens is 356 g/mol. The highest BCUT2D eigenvalue weighted by atomic mass is 16.7. The van der Waals surface area contributed by atoms with Crippen molar-refractivity contribution in [2.75, 3.05) is 19.8 Å². The van der Waals surface area contributed by atoms with Gasteiger partial charge in [-0.1, -0.05) is 58.3 Å². The van der Waals surface area contributed by atoms with E-state index in [2.05, 4.69) is 6.92 Å². The Morgan fingerprint density at radius 2 is 1.36 bits per heavy atom. The highest BCUT2D eigenvalue weighted by Gasteiger charge is 2.36. The fourth-order valence-corrected chi connectivity index (χ4v) is 4.30. The van der Waals surface area contributed by atoms with Crippen LogP contribution >= 0.6 is 0 Å². The lowest BCUT2D eigenvalue weighted by Gasteiger charge is -2.39. The SMILES string of the molecule is CCCCCCC1(CCCCCCCC[C@H]2OC(C)(C)OC[C@H]2O)OCCO1. The van der Waals surface area contributed by atoms with Gasteiger partial charge in [-0.05, 0) is 33.1 Å². The van der Waals surface area contributed by atoms with Crippen molar-refractivity contribution >= 4 is 0 Å². The third-order valence-electron chi connectivity index (χ3n) is 5.99. The Morgan fingerprint density at radius 3 is 2.00 bits per heavy atom. The number of aliphatic hydroxyl groups is 1. The lowest BCUT2D eigenvalue weighted by atomic mass is 9.99. The smallest absolute Gasteiger partial charge is 0.168 e. The molecule has 0 bridgehead atoms. The van der Waals surface area contributed by atoms with E-state index in [9.17, 15) is 5.11 Å². The van der Waals surface area contributed by atoms with Gasteiger partial charge in [0.05, 0.1) is 25.9 Å². The van der Waals surface area contributed by atoms with Crippen molar-refractivity contribution < 1.29 is 24.1 Å². The number of aliphatic hydroxyl groups excluding tert-OH is 1. The molecule has 5 nitrogen and oxygen atoms in total. The van der Waals surface area contributed by atoms with Crippen LogP contribution in [0, 0.1) is 0 Å². The van der Waals surface area contributed by atoms with Crippen LogP contribution in [-0.2, 0) is 18.9 Å². The van der Waals surface area contributed by atoms with E-state index < -0.39 is 11.9 Å². The summed E-state index contributed by atoms with van der Waals surface area (Å²) in [5.74, 6) is -0.849. The first kappa shape index (κ1) is 24.1. The van der Waals surface area contributed by atoms with Crippen molar-refractivity contribution in [3.8, 4) is 0 Å². The molecule has 2 aliphatic rings. The van der Waals surface area contributed by atoms with Gasteiger partial charge in [-0.2, -0.15) is 0 Å². The maximum atomic E-state index is 10.0. The molecule has 166 valence electrons. The summed E-state index contributed by atoms with van der Waals surface area (Å²) in [4.78, 5) is 0. The number of rotatable bonds is 14. The molecule has 5 heteroatoms. The van der Waals surface area contributed by atoms with Gasteiger partial charge in [0.2, 0.25) is 0 Å². The van der Waals surface area contributed by atoms with Crippen molar-refractivity contribution in [3.05, 3.63) is 0 Å². The summed E-state index contributed by atoms with van der Waals surface area (Å²) in [5, 5.41) is 10.0. The van der Waals surface area contributed by atoms with Gasteiger partial charge >= 0.3 is 0 Å². The Labute approximate surface area is 172 Å². The molecule has 2 saturated heterocycles. The molecule has 0 spiro atoms. The second kappa shape index (κ2) is 12.5. The van der Waals surface area contributed by atoms with Crippen molar-refractivity contribution in [3.63, 3.8) is 0 Å². The molecule has 2 fully saturated rings. The molecule has 2 rings (SSSR count). The van der Waals surface area contributed by atoms with Crippen LogP contribution in [0.1, 0.15) is 104 Å². The van der Waals surface area contributed by atoms with Crippen LogP contribution in [0.3, 0.4) is 0 Å². The van der Waals surface area contributed by atoms with Gasteiger partial charge in [-0.15, -0.1) is 0 Å². The quantitative estimate of drug-likeness (QED) is 0.399. The third-order valence-corrected chi connectivity index (χ3v) is 5.99. The predicted octanol–water partition coefficient (Wildman–Crippen LogP) is 5.33. The van der Waals surface area contributed by atoms with Gasteiger partial charge in [-0.3, -0.25) is 0 Å². The first-order valence-electron chi connectivity index (χ1n) is 11.7. The molecule has 0 aromatic carbocycles. The monoisotopic (exact) mass is 400 g/mol. The van der Waals surface area contributed by atoms with E-state index in [-0.39, 0.29) is 11.9 Å². The van der Waals surface area contributed by atoms with Crippen LogP contribution in [-0.4, -0.2) is 48.7 Å². The molecule has 0 aromatic rings. The molecule has 1 N–H and O–H groups in total. The summed E-state index contributed by atoms with van der Waals surface area (Å²) in [6.07, 6.45) is 14.7. The van der Waals surface area contributed by atoms with E-state index in [0.717, 1.165) is 38.9 Å². The second-order valence-corrected chi connectivity index (χ2v) is 9.01. The Morgan fingerprint density at radius 1 is 0.786 bits per heavy atom. The van der Waals surface area contributed by atoms with E-state index >= 15 is 0 Å². The minimum absolute atomic E-state index is 0.0898. The third kappa shape index (κ3) is 8.66.